The van der Waals surface area contributed by atoms with Gasteiger partial charge in [-0.25, -0.2) is 0 Å². The maximum atomic E-state index is 13.9. The maximum Gasteiger partial charge on any atom is 0.460 e. The zero-order valence-electron chi connectivity index (χ0n) is 25.7. The van der Waals surface area contributed by atoms with Crippen molar-refractivity contribution in [3.05, 3.63) is 42.5 Å². The quantitative estimate of drug-likeness (QED) is 0.0820. The molecular formula is C30H31F13O6. The third kappa shape index (κ3) is 9.39. The van der Waals surface area contributed by atoms with Crippen LogP contribution in [-0.4, -0.2) is 80.8 Å². The molecule has 0 amide bonds. The molecule has 0 spiro atoms. The van der Waals surface area contributed by atoms with E-state index < -0.39 is 72.6 Å². The molecule has 0 saturated heterocycles. The topological polar surface area (TPSA) is 71.1 Å². The summed E-state index contributed by atoms with van der Waals surface area (Å²) in [5.41, 5.74) is 0. The second-order valence-electron chi connectivity index (χ2n) is 10.8. The number of esters is 2. The van der Waals surface area contributed by atoms with E-state index in [1.54, 1.807) is 6.07 Å². The van der Waals surface area contributed by atoms with Gasteiger partial charge in [0.15, 0.2) is 0 Å². The van der Waals surface area contributed by atoms with E-state index >= 15 is 0 Å². The van der Waals surface area contributed by atoms with Crippen LogP contribution in [0.1, 0.15) is 33.1 Å². The van der Waals surface area contributed by atoms with Crippen molar-refractivity contribution in [3.63, 3.8) is 0 Å². The lowest BCUT2D eigenvalue weighted by molar-refractivity contribution is -0.440. The van der Waals surface area contributed by atoms with Crippen molar-refractivity contribution in [2.45, 2.75) is 68.9 Å². The predicted molar refractivity (Wildman–Crippen MR) is 145 cm³/mol. The zero-order chi connectivity index (χ0) is 37.5. The maximum absolute atomic E-state index is 13.9. The van der Waals surface area contributed by atoms with E-state index in [4.69, 9.17) is 14.2 Å². The Morgan fingerprint density at radius 3 is 1.80 bits per heavy atom. The first-order valence-electron chi connectivity index (χ1n) is 14.4. The van der Waals surface area contributed by atoms with Gasteiger partial charge in [0, 0.05) is 0 Å². The Morgan fingerprint density at radius 2 is 1.20 bits per heavy atom. The van der Waals surface area contributed by atoms with Gasteiger partial charge in [-0.2, -0.15) is 57.1 Å². The first kappa shape index (κ1) is 41.7. The van der Waals surface area contributed by atoms with Gasteiger partial charge in [-0.05, 0) is 35.7 Å². The largest absolute Gasteiger partial charge is 0.491 e. The van der Waals surface area contributed by atoms with E-state index in [2.05, 4.69) is 4.74 Å². The van der Waals surface area contributed by atoms with Gasteiger partial charge < -0.3 is 18.9 Å². The molecule has 0 N–H and O–H groups in total. The summed E-state index contributed by atoms with van der Waals surface area (Å²) < 4.78 is 192. The second kappa shape index (κ2) is 16.0. The smallest absolute Gasteiger partial charge is 0.460 e. The highest BCUT2D eigenvalue weighted by Crippen LogP contribution is 2.60. The third-order valence-corrected chi connectivity index (χ3v) is 7.21. The summed E-state index contributed by atoms with van der Waals surface area (Å²) in [7, 11) is 0. The Morgan fingerprint density at radius 1 is 0.653 bits per heavy atom. The molecule has 2 atom stereocenters. The first-order chi connectivity index (χ1) is 22.4. The lowest BCUT2D eigenvalue weighted by Gasteiger charge is -2.39. The van der Waals surface area contributed by atoms with Gasteiger partial charge in [0.2, 0.25) is 0 Å². The lowest BCUT2D eigenvalue weighted by Crippen LogP contribution is -2.70. The predicted octanol–water partition coefficient (Wildman–Crippen LogP) is 8.50. The van der Waals surface area contributed by atoms with E-state index in [1.165, 1.54) is 13.8 Å². The Labute approximate surface area is 270 Å². The number of ether oxygens (including phenoxy) is 4. The van der Waals surface area contributed by atoms with Crippen molar-refractivity contribution in [2.75, 3.05) is 33.0 Å². The molecule has 2 unspecified atom stereocenters. The summed E-state index contributed by atoms with van der Waals surface area (Å²) in [5.74, 6) is -41.6. The molecule has 2 rings (SSSR count). The third-order valence-electron chi connectivity index (χ3n) is 7.21. The number of hydrogen-bond acceptors (Lipinski definition) is 6. The number of alkyl halides is 13. The van der Waals surface area contributed by atoms with Crippen LogP contribution in [0.5, 0.6) is 5.75 Å². The highest BCUT2D eigenvalue weighted by atomic mass is 19.4. The average Bonchev–Trinajstić information content (AvgIpc) is 3.01. The molecule has 0 fully saturated rings. The van der Waals surface area contributed by atoms with E-state index in [1.807, 2.05) is 36.4 Å². The molecule has 19 heteroatoms. The van der Waals surface area contributed by atoms with Crippen LogP contribution in [0.3, 0.4) is 0 Å². The first-order valence-corrected chi connectivity index (χ1v) is 14.4. The molecule has 0 saturated carbocycles. The average molecular weight is 735 g/mol. The van der Waals surface area contributed by atoms with E-state index in [0.29, 0.717) is 5.75 Å². The number of carbonyl (C=O) groups is 2. The standard InChI is InChI=1S/C30H31F13O6/c1-3-19(16-18(2)23(44)49-15-13-46-12-14-47-22-9-8-20-6-4-5-7-21(20)17-22)24(45)48-11-10-25(31,32)26(33,34)27(35,36)28(37,38)29(39,40)30(41,42)43/h4-9,17-19H,3,10-16H2,1-2H3. The fourth-order valence-electron chi connectivity index (χ4n) is 4.23. The van der Waals surface area contributed by atoms with Gasteiger partial charge in [-0.3, -0.25) is 9.59 Å². The van der Waals surface area contributed by atoms with Gasteiger partial charge >= 0.3 is 47.7 Å². The summed E-state index contributed by atoms with van der Waals surface area (Å²) in [6.45, 7) is 0.827. The summed E-state index contributed by atoms with van der Waals surface area (Å²) in [6, 6.07) is 13.1. The van der Waals surface area contributed by atoms with Crippen LogP contribution < -0.4 is 4.74 Å². The van der Waals surface area contributed by atoms with Crippen molar-refractivity contribution in [1.82, 2.24) is 0 Å². The second-order valence-corrected chi connectivity index (χ2v) is 10.8. The van der Waals surface area contributed by atoms with Crippen LogP contribution in [0, 0.1) is 11.8 Å². The molecule has 6 nitrogen and oxygen atoms in total. The number of halogens is 13. The Hall–Kier alpha value is -3.51. The Kier molecular flexibility index (Phi) is 13.6. The molecular weight excluding hydrogens is 703 g/mol. The summed E-state index contributed by atoms with van der Waals surface area (Å²) in [5, 5.41) is 2.00. The van der Waals surface area contributed by atoms with Gasteiger partial charge in [0.05, 0.1) is 38.1 Å². The zero-order valence-corrected chi connectivity index (χ0v) is 25.7. The molecule has 0 aromatic heterocycles. The normalized spacial score (nSPS) is 14.8. The van der Waals surface area contributed by atoms with Crippen LogP contribution in [-0.2, 0) is 23.8 Å². The highest BCUT2D eigenvalue weighted by Gasteiger charge is 2.90. The Bertz CT molecular complexity index is 1400. The summed E-state index contributed by atoms with van der Waals surface area (Å²) in [6.07, 6.45) is -10.7. The highest BCUT2D eigenvalue weighted by molar-refractivity contribution is 5.83. The van der Waals surface area contributed by atoms with Crippen LogP contribution in [0.2, 0.25) is 0 Å². The monoisotopic (exact) mass is 734 g/mol. The number of carbonyl (C=O) groups excluding carboxylic acids is 2. The molecule has 0 aliphatic carbocycles. The van der Waals surface area contributed by atoms with Gasteiger partial charge in [-0.1, -0.05) is 44.2 Å². The number of benzene rings is 2. The van der Waals surface area contributed by atoms with Crippen molar-refractivity contribution in [1.29, 1.82) is 0 Å². The van der Waals surface area contributed by atoms with Crippen molar-refractivity contribution < 1.29 is 85.6 Å². The van der Waals surface area contributed by atoms with E-state index in [-0.39, 0.29) is 39.3 Å². The van der Waals surface area contributed by atoms with E-state index in [0.717, 1.165) is 10.8 Å². The van der Waals surface area contributed by atoms with Crippen molar-refractivity contribution in [3.8, 4) is 5.75 Å². The molecule has 0 heterocycles. The van der Waals surface area contributed by atoms with Crippen molar-refractivity contribution >= 4 is 22.7 Å². The molecule has 2 aromatic rings. The minimum absolute atomic E-state index is 0.0452. The molecule has 49 heavy (non-hydrogen) atoms. The molecule has 278 valence electrons. The minimum Gasteiger partial charge on any atom is -0.491 e. The number of rotatable bonds is 19. The number of fused-ring (bicyclic) bond motifs is 1. The molecule has 2 aromatic carbocycles. The fourth-order valence-corrected chi connectivity index (χ4v) is 4.23. The summed E-state index contributed by atoms with van der Waals surface area (Å²) in [4.78, 5) is 24.5. The van der Waals surface area contributed by atoms with Crippen LogP contribution in [0.25, 0.3) is 10.8 Å². The minimum atomic E-state index is -8.01. The van der Waals surface area contributed by atoms with Crippen LogP contribution in [0.15, 0.2) is 42.5 Å². The van der Waals surface area contributed by atoms with E-state index in [9.17, 15) is 66.7 Å². The fraction of sp³-hybridized carbons (Fsp3) is 0.600. The summed E-state index contributed by atoms with van der Waals surface area (Å²) >= 11 is 0. The molecule has 0 radical (unpaired) electrons. The van der Waals surface area contributed by atoms with Gasteiger partial charge in [-0.15, -0.1) is 0 Å². The van der Waals surface area contributed by atoms with Crippen LogP contribution in [0.4, 0.5) is 57.1 Å². The van der Waals surface area contributed by atoms with Crippen molar-refractivity contribution in [2.24, 2.45) is 11.8 Å². The van der Waals surface area contributed by atoms with Gasteiger partial charge in [0.1, 0.15) is 19.0 Å². The number of hydrogen-bond donors (Lipinski definition) is 0. The molecule has 0 bridgehead atoms. The SMILES string of the molecule is CCC(CC(C)C(=O)OCCOCCOc1ccc2ccccc2c1)C(=O)OCCC(F)(F)C(F)(F)C(F)(F)C(F)(F)C(F)(F)C(F)(F)F. The van der Waals surface area contributed by atoms with Crippen LogP contribution >= 0.6 is 0 Å². The van der Waals surface area contributed by atoms with Gasteiger partial charge in [0.25, 0.3) is 0 Å². The molecule has 0 aliphatic rings. The lowest BCUT2D eigenvalue weighted by atomic mass is 9.92. The Balaban J connectivity index is 1.80. The molecule has 0 aliphatic heterocycles.